The number of methoxy groups -OCH3 is 1. The zero-order chi connectivity index (χ0) is 24.1. The van der Waals surface area contributed by atoms with E-state index in [1.807, 2.05) is 40.6 Å². The SMILES string of the molecule is C=CCc1c(C2CC2)ncc2c(C(N)=O)c(N)n(-c3c(C)ccc4c3cnn4C(CC)OC)c12. The van der Waals surface area contributed by atoms with Crippen LogP contribution < -0.4 is 11.5 Å². The molecule has 4 N–H and O–H groups in total. The Kier molecular flexibility index (Phi) is 5.40. The normalized spacial score (nSPS) is 14.7. The zero-order valence-corrected chi connectivity index (χ0v) is 19.8. The number of allylic oxidation sites excluding steroid dienone is 1. The Balaban J connectivity index is 1.92. The zero-order valence-electron chi connectivity index (χ0n) is 19.8. The molecule has 5 rings (SSSR count). The summed E-state index contributed by atoms with van der Waals surface area (Å²) in [6, 6.07) is 4.09. The Hall–Kier alpha value is -3.65. The summed E-state index contributed by atoms with van der Waals surface area (Å²) in [5, 5.41) is 6.23. The predicted octanol–water partition coefficient (Wildman–Crippen LogP) is 4.53. The third-order valence-electron chi connectivity index (χ3n) is 6.80. The lowest BCUT2D eigenvalue weighted by molar-refractivity contribution is 0.0346. The van der Waals surface area contributed by atoms with Crippen molar-refractivity contribution in [2.24, 2.45) is 5.73 Å². The van der Waals surface area contributed by atoms with Crippen molar-refractivity contribution < 1.29 is 9.53 Å². The van der Waals surface area contributed by atoms with Crippen LogP contribution in [0.2, 0.25) is 0 Å². The van der Waals surface area contributed by atoms with Crippen LogP contribution >= 0.6 is 0 Å². The van der Waals surface area contributed by atoms with E-state index >= 15 is 0 Å². The van der Waals surface area contributed by atoms with Crippen molar-refractivity contribution in [3.05, 3.63) is 59.6 Å². The van der Waals surface area contributed by atoms with Gasteiger partial charge in [-0.1, -0.05) is 19.1 Å². The summed E-state index contributed by atoms with van der Waals surface area (Å²) in [6.45, 7) is 8.06. The fourth-order valence-electron chi connectivity index (χ4n) is 5.09. The molecule has 0 aliphatic heterocycles. The van der Waals surface area contributed by atoms with E-state index in [9.17, 15) is 4.79 Å². The summed E-state index contributed by atoms with van der Waals surface area (Å²) in [5.74, 6) is 0.162. The maximum absolute atomic E-state index is 12.5. The van der Waals surface area contributed by atoms with Crippen LogP contribution in [0.1, 0.15) is 65.5 Å². The summed E-state index contributed by atoms with van der Waals surface area (Å²) in [6.07, 6.45) is 8.89. The van der Waals surface area contributed by atoms with Gasteiger partial charge in [0, 0.05) is 41.3 Å². The molecular weight excluding hydrogens is 428 g/mol. The smallest absolute Gasteiger partial charge is 0.253 e. The summed E-state index contributed by atoms with van der Waals surface area (Å²) < 4.78 is 9.50. The summed E-state index contributed by atoms with van der Waals surface area (Å²) in [7, 11) is 1.68. The largest absolute Gasteiger partial charge is 0.384 e. The number of carbonyl (C=O) groups excluding carboxylic acids is 1. The Labute approximate surface area is 198 Å². The van der Waals surface area contributed by atoms with Gasteiger partial charge in [0.25, 0.3) is 5.91 Å². The van der Waals surface area contributed by atoms with E-state index in [1.165, 1.54) is 0 Å². The van der Waals surface area contributed by atoms with Gasteiger partial charge in [0.15, 0.2) is 0 Å². The highest BCUT2D eigenvalue weighted by atomic mass is 16.5. The van der Waals surface area contributed by atoms with Gasteiger partial charge in [-0.15, -0.1) is 6.58 Å². The highest BCUT2D eigenvalue weighted by Gasteiger charge is 2.32. The molecular formula is C26H30N6O2. The van der Waals surface area contributed by atoms with E-state index in [4.69, 9.17) is 21.2 Å². The monoisotopic (exact) mass is 458 g/mol. The molecule has 3 heterocycles. The minimum atomic E-state index is -0.572. The molecule has 34 heavy (non-hydrogen) atoms. The van der Waals surface area contributed by atoms with Crippen molar-refractivity contribution in [3.8, 4) is 5.69 Å². The highest BCUT2D eigenvalue weighted by Crippen LogP contribution is 2.45. The van der Waals surface area contributed by atoms with Gasteiger partial charge in [0.05, 0.1) is 28.5 Å². The number of anilines is 1. The van der Waals surface area contributed by atoms with Crippen LogP contribution in [0.4, 0.5) is 5.82 Å². The number of pyridine rings is 1. The number of ether oxygens (including phenoxy) is 1. The lowest BCUT2D eigenvalue weighted by Crippen LogP contribution is -2.14. The molecule has 1 saturated carbocycles. The lowest BCUT2D eigenvalue weighted by atomic mass is 10.0. The Bertz CT molecular complexity index is 1440. The van der Waals surface area contributed by atoms with Crippen LogP contribution in [0.3, 0.4) is 0 Å². The van der Waals surface area contributed by atoms with Crippen LogP contribution in [-0.2, 0) is 11.2 Å². The van der Waals surface area contributed by atoms with E-state index in [1.54, 1.807) is 13.3 Å². The van der Waals surface area contributed by atoms with Crippen LogP contribution in [0, 0.1) is 6.92 Å². The molecule has 1 fully saturated rings. The van der Waals surface area contributed by atoms with E-state index in [2.05, 4.69) is 18.6 Å². The molecule has 176 valence electrons. The topological polar surface area (TPSA) is 114 Å². The summed E-state index contributed by atoms with van der Waals surface area (Å²) >= 11 is 0. The molecule has 0 saturated heterocycles. The van der Waals surface area contributed by atoms with E-state index in [0.29, 0.717) is 29.1 Å². The van der Waals surface area contributed by atoms with Crippen molar-refractivity contribution >= 4 is 33.5 Å². The number of aromatic nitrogens is 4. The first kappa shape index (κ1) is 22.2. The number of amides is 1. The fraction of sp³-hybridized carbons (Fsp3) is 0.346. The second-order valence-corrected chi connectivity index (χ2v) is 8.96. The van der Waals surface area contributed by atoms with Gasteiger partial charge < -0.3 is 16.2 Å². The number of aryl methyl sites for hydroxylation is 1. The van der Waals surface area contributed by atoms with Gasteiger partial charge in [-0.25, -0.2) is 4.68 Å². The molecule has 1 aromatic carbocycles. The number of fused-ring (bicyclic) bond motifs is 2. The molecule has 0 radical (unpaired) electrons. The van der Waals surface area contributed by atoms with Crippen molar-refractivity contribution in [1.82, 2.24) is 19.3 Å². The van der Waals surface area contributed by atoms with Gasteiger partial charge >= 0.3 is 0 Å². The second-order valence-electron chi connectivity index (χ2n) is 8.96. The number of nitrogens with zero attached hydrogens (tertiary/aromatic N) is 4. The van der Waals surface area contributed by atoms with Crippen molar-refractivity contribution in [1.29, 1.82) is 0 Å². The number of primary amides is 1. The average molecular weight is 459 g/mol. The number of nitrogen functional groups attached to an aromatic ring is 1. The van der Waals surface area contributed by atoms with Crippen LogP contribution in [0.5, 0.6) is 0 Å². The number of hydrogen-bond donors (Lipinski definition) is 2. The van der Waals surface area contributed by atoms with Gasteiger partial charge in [-0.3, -0.25) is 14.3 Å². The van der Waals surface area contributed by atoms with Crippen LogP contribution in [0.25, 0.3) is 27.5 Å². The number of benzene rings is 1. The first-order valence-corrected chi connectivity index (χ1v) is 11.6. The van der Waals surface area contributed by atoms with Gasteiger partial charge in [0.1, 0.15) is 12.0 Å². The molecule has 1 atom stereocenters. The molecule has 1 aliphatic rings. The van der Waals surface area contributed by atoms with E-state index < -0.39 is 5.91 Å². The first-order valence-electron chi connectivity index (χ1n) is 11.6. The average Bonchev–Trinajstić information content (AvgIpc) is 3.50. The number of hydrogen-bond acceptors (Lipinski definition) is 5. The highest BCUT2D eigenvalue weighted by molar-refractivity contribution is 6.13. The number of nitrogens with two attached hydrogens (primary N) is 2. The lowest BCUT2D eigenvalue weighted by Gasteiger charge is -2.18. The third-order valence-corrected chi connectivity index (χ3v) is 6.80. The molecule has 1 unspecified atom stereocenters. The predicted molar refractivity (Wildman–Crippen MR) is 134 cm³/mol. The minimum Gasteiger partial charge on any atom is -0.384 e. The molecule has 0 bridgehead atoms. The van der Waals surface area contributed by atoms with Crippen molar-refractivity contribution in [2.75, 3.05) is 12.8 Å². The Morgan fingerprint density at radius 1 is 1.32 bits per heavy atom. The molecule has 3 aromatic heterocycles. The summed E-state index contributed by atoms with van der Waals surface area (Å²) in [5.41, 5.74) is 18.6. The fourth-order valence-corrected chi connectivity index (χ4v) is 5.09. The van der Waals surface area contributed by atoms with Gasteiger partial charge in [0.2, 0.25) is 0 Å². The van der Waals surface area contributed by atoms with E-state index in [0.717, 1.165) is 58.2 Å². The van der Waals surface area contributed by atoms with E-state index in [-0.39, 0.29) is 6.23 Å². The van der Waals surface area contributed by atoms with Crippen LogP contribution in [0.15, 0.2) is 37.2 Å². The standard InChI is InChI=1S/C26H30N6O2/c1-5-7-16-22(15-9-10-15)29-12-18-21(26(28)33)25(27)31(24(16)18)23-14(3)8-11-19-17(23)13-30-32(19)20(6-2)34-4/h5,8,11-13,15,20H,1,6-7,9-10,27H2,2-4H3,(H2,28,33). The Morgan fingerprint density at radius 2 is 2.09 bits per heavy atom. The first-order chi connectivity index (χ1) is 16.4. The third kappa shape index (κ3) is 3.20. The summed E-state index contributed by atoms with van der Waals surface area (Å²) in [4.78, 5) is 17.3. The van der Waals surface area contributed by atoms with Crippen molar-refractivity contribution in [2.45, 2.75) is 51.7 Å². The molecule has 1 amide bonds. The number of rotatable bonds is 8. The maximum Gasteiger partial charge on any atom is 0.253 e. The van der Waals surface area contributed by atoms with Crippen molar-refractivity contribution in [3.63, 3.8) is 0 Å². The minimum absolute atomic E-state index is 0.185. The molecule has 4 aromatic rings. The molecule has 0 spiro atoms. The van der Waals surface area contributed by atoms with Crippen LogP contribution in [-0.4, -0.2) is 32.3 Å². The second kappa shape index (κ2) is 8.29. The quantitative estimate of drug-likeness (QED) is 0.377. The Morgan fingerprint density at radius 3 is 2.71 bits per heavy atom. The maximum atomic E-state index is 12.5. The number of carbonyl (C=O) groups is 1. The molecule has 1 aliphatic carbocycles. The van der Waals surface area contributed by atoms with Gasteiger partial charge in [-0.2, -0.15) is 5.10 Å². The van der Waals surface area contributed by atoms with Gasteiger partial charge in [-0.05, 0) is 44.2 Å². The molecule has 8 heteroatoms. The molecule has 8 nitrogen and oxygen atoms in total.